The van der Waals surface area contributed by atoms with E-state index < -0.39 is 22.0 Å². The van der Waals surface area contributed by atoms with E-state index in [1.165, 1.54) is 12.1 Å². The zero-order valence-electron chi connectivity index (χ0n) is 14.0. The van der Waals surface area contributed by atoms with E-state index in [1.54, 1.807) is 12.1 Å². The highest BCUT2D eigenvalue weighted by atomic mass is 32.2. The van der Waals surface area contributed by atoms with Crippen LogP contribution in [0.3, 0.4) is 0 Å². The third kappa shape index (κ3) is 6.55. The van der Waals surface area contributed by atoms with Gasteiger partial charge in [0, 0.05) is 0 Å². The molecule has 0 saturated heterocycles. The maximum atomic E-state index is 12.4. The lowest BCUT2D eigenvalue weighted by Gasteiger charge is -2.23. The molecule has 5 N–H and O–H groups in total. The molecule has 134 valence electrons. The lowest BCUT2D eigenvalue weighted by molar-refractivity contribution is 0.0214. The summed E-state index contributed by atoms with van der Waals surface area (Å²) in [6.45, 7) is 4.11. The summed E-state index contributed by atoms with van der Waals surface area (Å²) in [4.78, 5) is 0.00211. The molecule has 0 bridgehead atoms. The number of hydrogen-bond acceptors (Lipinski definition) is 5. The van der Waals surface area contributed by atoms with Crippen LogP contribution in [0.2, 0.25) is 0 Å². The standard InChI is InChI=1S/C15H25N5O3S/c1-3-4-5-6-11-20(15(18)19-14(16)17)23-24(21,22)13-9-7-12(2)8-10-13/h7-10H,3-6,11H2,1-2H3,(H5,16,17,18,19). The summed E-state index contributed by atoms with van der Waals surface area (Å²) >= 11 is 0. The number of hydrogen-bond donors (Lipinski definition) is 4. The second-order valence-corrected chi connectivity index (χ2v) is 6.92. The van der Waals surface area contributed by atoms with Crippen molar-refractivity contribution in [1.29, 1.82) is 10.8 Å². The van der Waals surface area contributed by atoms with E-state index in [9.17, 15) is 8.42 Å². The predicted octanol–water partition coefficient (Wildman–Crippen LogP) is 1.92. The van der Waals surface area contributed by atoms with Gasteiger partial charge < -0.3 is 5.73 Å². The molecular formula is C15H25N5O3S. The fourth-order valence-electron chi connectivity index (χ4n) is 1.92. The Kier molecular flexibility index (Phi) is 7.66. The van der Waals surface area contributed by atoms with E-state index in [-0.39, 0.29) is 11.4 Å². The molecule has 1 aromatic carbocycles. The zero-order chi connectivity index (χ0) is 18.2. The number of nitrogens with two attached hydrogens (primary N) is 1. The Labute approximate surface area is 143 Å². The maximum absolute atomic E-state index is 12.4. The molecule has 1 rings (SSSR count). The molecule has 24 heavy (non-hydrogen) atoms. The van der Waals surface area contributed by atoms with Gasteiger partial charge in [-0.15, -0.1) is 4.28 Å². The van der Waals surface area contributed by atoms with E-state index in [4.69, 9.17) is 20.8 Å². The first kappa shape index (κ1) is 19.9. The second kappa shape index (κ2) is 9.24. The van der Waals surface area contributed by atoms with Crippen molar-refractivity contribution in [3.8, 4) is 0 Å². The lowest BCUT2D eigenvalue weighted by atomic mass is 10.2. The Hall–Kier alpha value is -2.13. The summed E-state index contributed by atoms with van der Waals surface area (Å²) in [7, 11) is -4.07. The molecule has 0 aliphatic rings. The third-order valence-electron chi connectivity index (χ3n) is 3.21. The molecule has 0 aliphatic heterocycles. The zero-order valence-corrected chi connectivity index (χ0v) is 14.8. The smallest absolute Gasteiger partial charge is 0.317 e. The van der Waals surface area contributed by atoms with Crippen LogP contribution < -0.4 is 11.1 Å². The van der Waals surface area contributed by atoms with Crippen molar-refractivity contribution in [2.24, 2.45) is 5.73 Å². The average molecular weight is 355 g/mol. The van der Waals surface area contributed by atoms with Gasteiger partial charge in [0.2, 0.25) is 5.96 Å². The Morgan fingerprint density at radius 1 is 1.21 bits per heavy atom. The summed E-state index contributed by atoms with van der Waals surface area (Å²) in [5, 5.41) is 18.2. The van der Waals surface area contributed by atoms with Crippen LogP contribution in [0, 0.1) is 17.7 Å². The van der Waals surface area contributed by atoms with Gasteiger partial charge in [0.25, 0.3) is 0 Å². The van der Waals surface area contributed by atoms with E-state index in [1.807, 2.05) is 6.92 Å². The minimum Gasteiger partial charge on any atom is -0.370 e. The molecule has 0 aromatic heterocycles. The molecule has 0 heterocycles. The first-order chi connectivity index (χ1) is 11.3. The second-order valence-electron chi connectivity index (χ2n) is 5.39. The number of hydroxylamine groups is 2. The number of nitrogens with one attached hydrogen (secondary N) is 3. The quantitative estimate of drug-likeness (QED) is 0.244. The fraction of sp³-hybridized carbons (Fsp3) is 0.467. The Balaban J connectivity index is 2.86. The van der Waals surface area contributed by atoms with Gasteiger partial charge in [0.05, 0.1) is 11.4 Å². The number of benzene rings is 1. The highest BCUT2D eigenvalue weighted by molar-refractivity contribution is 7.86. The van der Waals surface area contributed by atoms with Crippen LogP contribution in [-0.4, -0.2) is 31.9 Å². The molecule has 0 saturated carbocycles. The molecule has 1 aromatic rings. The molecule has 0 aliphatic carbocycles. The molecule has 8 nitrogen and oxygen atoms in total. The van der Waals surface area contributed by atoms with Gasteiger partial charge in [-0.3, -0.25) is 16.1 Å². The number of rotatable bonds is 8. The Morgan fingerprint density at radius 3 is 2.38 bits per heavy atom. The molecule has 0 amide bonds. The monoisotopic (exact) mass is 355 g/mol. The molecule has 0 spiro atoms. The summed E-state index contributed by atoms with van der Waals surface area (Å²) < 4.78 is 29.8. The lowest BCUT2D eigenvalue weighted by Crippen LogP contribution is -2.47. The van der Waals surface area contributed by atoms with Gasteiger partial charge in [-0.05, 0) is 25.5 Å². The third-order valence-corrected chi connectivity index (χ3v) is 4.44. The maximum Gasteiger partial charge on any atom is 0.317 e. The molecule has 0 atom stereocenters. The van der Waals surface area contributed by atoms with E-state index in [2.05, 4.69) is 12.2 Å². The molecular weight excluding hydrogens is 330 g/mol. The van der Waals surface area contributed by atoms with Crippen LogP contribution in [-0.2, 0) is 14.4 Å². The molecule has 0 fully saturated rings. The number of aryl methyl sites for hydroxylation is 1. The van der Waals surface area contributed by atoms with Crippen LogP contribution in [0.25, 0.3) is 0 Å². The van der Waals surface area contributed by atoms with Crippen LogP contribution in [0.1, 0.15) is 38.2 Å². The van der Waals surface area contributed by atoms with Gasteiger partial charge in [-0.25, -0.2) is 5.06 Å². The largest absolute Gasteiger partial charge is 0.370 e. The van der Waals surface area contributed by atoms with Gasteiger partial charge in [-0.2, -0.15) is 8.42 Å². The summed E-state index contributed by atoms with van der Waals surface area (Å²) in [5.74, 6) is -0.857. The number of guanidine groups is 2. The normalized spacial score (nSPS) is 11.1. The average Bonchev–Trinajstić information content (AvgIpc) is 2.50. The molecule has 0 unspecified atom stereocenters. The topological polar surface area (TPSA) is 132 Å². The van der Waals surface area contributed by atoms with Crippen molar-refractivity contribution in [3.63, 3.8) is 0 Å². The van der Waals surface area contributed by atoms with Gasteiger partial charge in [-0.1, -0.05) is 43.9 Å². The van der Waals surface area contributed by atoms with Crippen molar-refractivity contribution in [2.75, 3.05) is 6.54 Å². The van der Waals surface area contributed by atoms with Crippen LogP contribution in [0.15, 0.2) is 29.2 Å². The van der Waals surface area contributed by atoms with Crippen LogP contribution >= 0.6 is 0 Å². The van der Waals surface area contributed by atoms with E-state index in [0.29, 0.717) is 6.42 Å². The van der Waals surface area contributed by atoms with E-state index >= 15 is 0 Å². The van der Waals surface area contributed by atoms with Crippen molar-refractivity contribution in [3.05, 3.63) is 29.8 Å². The summed E-state index contributed by atoms with van der Waals surface area (Å²) in [5.41, 5.74) is 6.13. The highest BCUT2D eigenvalue weighted by Crippen LogP contribution is 2.15. The van der Waals surface area contributed by atoms with E-state index in [0.717, 1.165) is 29.9 Å². The van der Waals surface area contributed by atoms with Crippen LogP contribution in [0.5, 0.6) is 0 Å². The van der Waals surface area contributed by atoms with Crippen LogP contribution in [0.4, 0.5) is 0 Å². The van der Waals surface area contributed by atoms with Crippen molar-refractivity contribution in [2.45, 2.75) is 44.4 Å². The van der Waals surface area contributed by atoms with Crippen molar-refractivity contribution < 1.29 is 12.7 Å². The van der Waals surface area contributed by atoms with Crippen molar-refractivity contribution >= 4 is 22.0 Å². The first-order valence-corrected chi connectivity index (χ1v) is 9.15. The minimum absolute atomic E-state index is 0.00211. The Morgan fingerprint density at radius 2 is 1.83 bits per heavy atom. The number of nitrogens with zero attached hydrogens (tertiary/aromatic N) is 1. The molecule has 9 heteroatoms. The first-order valence-electron chi connectivity index (χ1n) is 7.74. The SMILES string of the molecule is CCCCCCN(OS(=O)(=O)c1ccc(C)cc1)C(=N)NC(=N)N. The van der Waals surface area contributed by atoms with Gasteiger partial charge >= 0.3 is 10.1 Å². The van der Waals surface area contributed by atoms with Gasteiger partial charge in [0.1, 0.15) is 0 Å². The summed E-state index contributed by atoms with van der Waals surface area (Å²) in [6, 6.07) is 6.23. The minimum atomic E-state index is -4.07. The number of unbranched alkanes of at least 4 members (excludes halogenated alkanes) is 3. The van der Waals surface area contributed by atoms with Crippen molar-refractivity contribution in [1.82, 2.24) is 10.4 Å². The molecule has 0 radical (unpaired) electrons. The van der Waals surface area contributed by atoms with Gasteiger partial charge in [0.15, 0.2) is 5.96 Å². The predicted molar refractivity (Wildman–Crippen MR) is 93.1 cm³/mol. The Bertz CT molecular complexity index is 658. The summed E-state index contributed by atoms with van der Waals surface area (Å²) in [6.07, 6.45) is 3.57. The fourth-order valence-corrected chi connectivity index (χ4v) is 2.87. The highest BCUT2D eigenvalue weighted by Gasteiger charge is 2.22.